The van der Waals surface area contributed by atoms with Crippen LogP contribution in [-0.2, 0) is 4.74 Å². The summed E-state index contributed by atoms with van der Waals surface area (Å²) in [5.41, 5.74) is 0. The predicted octanol–water partition coefficient (Wildman–Crippen LogP) is 0.330. The van der Waals surface area contributed by atoms with Crippen LogP contribution < -0.4 is 5.32 Å². The van der Waals surface area contributed by atoms with E-state index in [1.165, 1.54) is 6.42 Å². The molecule has 0 bridgehead atoms. The molecule has 2 fully saturated rings. The Morgan fingerprint density at radius 2 is 2.50 bits per heavy atom. The zero-order valence-corrected chi connectivity index (χ0v) is 9.69. The van der Waals surface area contributed by atoms with Crippen molar-refractivity contribution in [3.8, 4) is 0 Å². The van der Waals surface area contributed by atoms with Crippen molar-refractivity contribution in [2.45, 2.75) is 44.4 Å². The van der Waals surface area contributed by atoms with Gasteiger partial charge in [-0.3, -0.25) is 4.90 Å². The lowest BCUT2D eigenvalue weighted by Gasteiger charge is -2.26. The summed E-state index contributed by atoms with van der Waals surface area (Å²) in [6, 6.07) is 0.444. The van der Waals surface area contributed by atoms with Gasteiger partial charge in [-0.25, -0.2) is 4.79 Å². The molecule has 0 aromatic heterocycles. The summed E-state index contributed by atoms with van der Waals surface area (Å²) in [4.78, 5) is 13.2. The molecule has 2 saturated heterocycles. The first-order valence-corrected chi connectivity index (χ1v) is 6.01. The van der Waals surface area contributed by atoms with E-state index in [2.05, 4.69) is 10.2 Å². The van der Waals surface area contributed by atoms with E-state index in [0.717, 1.165) is 25.9 Å². The van der Waals surface area contributed by atoms with Gasteiger partial charge in [-0.1, -0.05) is 0 Å². The Morgan fingerprint density at radius 1 is 1.69 bits per heavy atom. The number of hydrogen-bond acceptors (Lipinski definition) is 4. The van der Waals surface area contributed by atoms with E-state index in [9.17, 15) is 9.90 Å². The van der Waals surface area contributed by atoms with Gasteiger partial charge in [0, 0.05) is 12.6 Å². The molecule has 16 heavy (non-hydrogen) atoms. The average Bonchev–Trinajstić information content (AvgIpc) is 2.77. The van der Waals surface area contributed by atoms with Gasteiger partial charge in [-0.15, -0.1) is 0 Å². The van der Waals surface area contributed by atoms with Crippen LogP contribution in [0.4, 0.5) is 4.79 Å². The van der Waals surface area contributed by atoms with Crippen LogP contribution in [-0.4, -0.2) is 54.0 Å². The molecule has 2 N–H and O–H groups in total. The first-order valence-electron chi connectivity index (χ1n) is 6.01. The van der Waals surface area contributed by atoms with Crippen molar-refractivity contribution in [2.24, 2.45) is 0 Å². The van der Waals surface area contributed by atoms with Gasteiger partial charge in [-0.05, 0) is 32.7 Å². The minimum atomic E-state index is -0.309. The first kappa shape index (κ1) is 11.7. The number of alkyl carbamates (subject to hydrolysis) is 1. The molecule has 5 heteroatoms. The maximum absolute atomic E-state index is 10.9. The van der Waals surface area contributed by atoms with Gasteiger partial charge in [0.25, 0.3) is 0 Å². The van der Waals surface area contributed by atoms with Crippen LogP contribution >= 0.6 is 0 Å². The van der Waals surface area contributed by atoms with E-state index in [-0.39, 0.29) is 18.3 Å². The minimum Gasteiger partial charge on any atom is -0.443 e. The van der Waals surface area contributed by atoms with Crippen molar-refractivity contribution in [3.05, 3.63) is 0 Å². The Morgan fingerprint density at radius 3 is 3.12 bits per heavy atom. The molecule has 0 saturated carbocycles. The van der Waals surface area contributed by atoms with Crippen LogP contribution in [0.1, 0.15) is 26.2 Å². The number of hydrogen-bond donors (Lipinski definition) is 2. The second kappa shape index (κ2) is 5.01. The summed E-state index contributed by atoms with van der Waals surface area (Å²) in [6.45, 7) is 4.27. The lowest BCUT2D eigenvalue weighted by atomic mass is 10.1. The largest absolute Gasteiger partial charge is 0.443 e. The third kappa shape index (κ3) is 2.86. The molecule has 1 amide bonds. The van der Waals surface area contributed by atoms with Crippen LogP contribution in [0, 0.1) is 0 Å². The Balaban J connectivity index is 1.81. The molecular formula is C11H20N2O3. The Bertz CT molecular complexity index is 258. The van der Waals surface area contributed by atoms with Crippen LogP contribution in [0.5, 0.6) is 0 Å². The standard InChI is InChI=1S/C11H20N2O3/c1-8(14)5-9-3-2-4-13(9)7-10-6-12-11(15)16-10/h8-10,14H,2-7H2,1H3,(H,12,15). The summed E-state index contributed by atoms with van der Waals surface area (Å²) >= 11 is 0. The number of cyclic esters (lactones) is 1. The number of rotatable bonds is 4. The Kier molecular flexibility index (Phi) is 3.66. The second-order valence-electron chi connectivity index (χ2n) is 4.78. The SMILES string of the molecule is CC(O)CC1CCCN1CC1CNC(=O)O1. The second-order valence-corrected chi connectivity index (χ2v) is 4.78. The summed E-state index contributed by atoms with van der Waals surface area (Å²) in [7, 11) is 0. The lowest BCUT2D eigenvalue weighted by molar-refractivity contribution is 0.0859. The monoisotopic (exact) mass is 228 g/mol. The highest BCUT2D eigenvalue weighted by Crippen LogP contribution is 2.22. The zero-order chi connectivity index (χ0) is 11.5. The molecule has 5 nitrogen and oxygen atoms in total. The highest BCUT2D eigenvalue weighted by atomic mass is 16.6. The molecular weight excluding hydrogens is 208 g/mol. The summed E-state index contributed by atoms with van der Waals surface area (Å²) < 4.78 is 5.12. The number of nitrogens with one attached hydrogen (secondary N) is 1. The lowest BCUT2D eigenvalue weighted by Crippen LogP contribution is -2.39. The zero-order valence-electron chi connectivity index (χ0n) is 9.69. The first-order chi connectivity index (χ1) is 7.65. The number of carbonyl (C=O) groups is 1. The van der Waals surface area contributed by atoms with Gasteiger partial charge in [0.1, 0.15) is 6.10 Å². The van der Waals surface area contributed by atoms with E-state index < -0.39 is 0 Å². The number of aliphatic hydroxyl groups excluding tert-OH is 1. The maximum atomic E-state index is 10.9. The molecule has 0 aromatic rings. The van der Waals surface area contributed by atoms with Crippen molar-refractivity contribution in [1.82, 2.24) is 10.2 Å². The Hall–Kier alpha value is -0.810. The van der Waals surface area contributed by atoms with Crippen LogP contribution in [0.2, 0.25) is 0 Å². The summed E-state index contributed by atoms with van der Waals surface area (Å²) in [5.74, 6) is 0. The predicted molar refractivity (Wildman–Crippen MR) is 59.2 cm³/mol. The minimum absolute atomic E-state index is 0.0258. The number of aliphatic hydroxyl groups is 1. The van der Waals surface area contributed by atoms with E-state index in [1.807, 2.05) is 6.92 Å². The van der Waals surface area contributed by atoms with Gasteiger partial charge in [0.2, 0.25) is 0 Å². The third-order valence-corrected chi connectivity index (χ3v) is 3.30. The van der Waals surface area contributed by atoms with Crippen molar-refractivity contribution in [2.75, 3.05) is 19.6 Å². The number of amides is 1. The van der Waals surface area contributed by atoms with Gasteiger partial charge in [0.15, 0.2) is 0 Å². The molecule has 0 spiro atoms. The van der Waals surface area contributed by atoms with Crippen LogP contribution in [0.15, 0.2) is 0 Å². The van der Waals surface area contributed by atoms with Crippen LogP contribution in [0.25, 0.3) is 0 Å². The van der Waals surface area contributed by atoms with E-state index in [0.29, 0.717) is 12.6 Å². The van der Waals surface area contributed by atoms with E-state index >= 15 is 0 Å². The fourth-order valence-corrected chi connectivity index (χ4v) is 2.59. The molecule has 2 heterocycles. The average molecular weight is 228 g/mol. The van der Waals surface area contributed by atoms with E-state index in [1.54, 1.807) is 0 Å². The molecule has 2 rings (SSSR count). The van der Waals surface area contributed by atoms with Gasteiger partial charge >= 0.3 is 6.09 Å². The molecule has 2 aliphatic rings. The van der Waals surface area contributed by atoms with Crippen molar-refractivity contribution in [1.29, 1.82) is 0 Å². The van der Waals surface area contributed by atoms with Gasteiger partial charge < -0.3 is 15.2 Å². The Labute approximate surface area is 95.8 Å². The summed E-state index contributed by atoms with van der Waals surface area (Å²) in [6.07, 6.45) is 2.53. The molecule has 0 aliphatic carbocycles. The maximum Gasteiger partial charge on any atom is 0.407 e. The molecule has 2 aliphatic heterocycles. The smallest absolute Gasteiger partial charge is 0.407 e. The fourth-order valence-electron chi connectivity index (χ4n) is 2.59. The molecule has 92 valence electrons. The highest BCUT2D eigenvalue weighted by molar-refractivity contribution is 5.69. The number of nitrogens with zero attached hydrogens (tertiary/aromatic N) is 1. The fraction of sp³-hybridized carbons (Fsp3) is 0.909. The quantitative estimate of drug-likeness (QED) is 0.728. The summed E-state index contributed by atoms with van der Waals surface area (Å²) in [5, 5.41) is 12.1. The van der Waals surface area contributed by atoms with Crippen molar-refractivity contribution < 1.29 is 14.6 Å². The van der Waals surface area contributed by atoms with Gasteiger partial charge in [0.05, 0.1) is 12.6 Å². The van der Waals surface area contributed by atoms with Gasteiger partial charge in [-0.2, -0.15) is 0 Å². The molecule has 0 radical (unpaired) electrons. The third-order valence-electron chi connectivity index (χ3n) is 3.30. The van der Waals surface area contributed by atoms with Crippen molar-refractivity contribution in [3.63, 3.8) is 0 Å². The molecule has 3 atom stereocenters. The number of likely N-dealkylation sites (tertiary alicyclic amines) is 1. The number of ether oxygens (including phenoxy) is 1. The number of carbonyl (C=O) groups excluding carboxylic acids is 1. The molecule has 0 aromatic carbocycles. The topological polar surface area (TPSA) is 61.8 Å². The van der Waals surface area contributed by atoms with Crippen molar-refractivity contribution >= 4 is 6.09 Å². The molecule has 3 unspecified atom stereocenters. The normalized spacial score (nSPS) is 32.5. The highest BCUT2D eigenvalue weighted by Gasteiger charge is 2.31. The van der Waals surface area contributed by atoms with Crippen LogP contribution in [0.3, 0.4) is 0 Å². The van der Waals surface area contributed by atoms with E-state index in [4.69, 9.17) is 4.74 Å².